The fourth-order valence-corrected chi connectivity index (χ4v) is 3.64. The Labute approximate surface area is 143 Å². The molecule has 4 rings (SSSR count). The quantitative estimate of drug-likeness (QED) is 0.503. The lowest BCUT2D eigenvalue weighted by atomic mass is 10.2. The zero-order valence-corrected chi connectivity index (χ0v) is 14.3. The van der Waals surface area contributed by atoms with Gasteiger partial charge in [-0.3, -0.25) is 9.36 Å². The monoisotopic (exact) mass is 336 g/mol. The first-order valence-electron chi connectivity index (χ1n) is 7.73. The van der Waals surface area contributed by atoms with E-state index in [9.17, 15) is 4.79 Å². The maximum absolute atomic E-state index is 12.8. The van der Waals surface area contributed by atoms with Gasteiger partial charge in [-0.1, -0.05) is 42.1 Å². The van der Waals surface area contributed by atoms with Gasteiger partial charge in [-0.2, -0.15) is 0 Å². The van der Waals surface area contributed by atoms with Gasteiger partial charge in [0.2, 0.25) is 5.91 Å². The number of hydrogen-bond donors (Lipinski definition) is 0. The summed E-state index contributed by atoms with van der Waals surface area (Å²) >= 11 is 1.33. The molecule has 0 aliphatic rings. The Kier molecular flexibility index (Phi) is 3.65. The number of rotatable bonds is 3. The molecule has 0 aliphatic carbocycles. The second-order valence-corrected chi connectivity index (χ2v) is 6.62. The molecule has 24 heavy (non-hydrogen) atoms. The van der Waals surface area contributed by atoms with Gasteiger partial charge < -0.3 is 4.42 Å². The van der Waals surface area contributed by atoms with Crippen LogP contribution in [0.4, 0.5) is 0 Å². The maximum atomic E-state index is 12.8. The summed E-state index contributed by atoms with van der Waals surface area (Å²) in [5.74, 6) is 0.315. The summed E-state index contributed by atoms with van der Waals surface area (Å²) in [6, 6.07) is 15.6. The third kappa shape index (κ3) is 2.41. The Morgan fingerprint density at radius 1 is 1.12 bits per heavy atom. The first-order chi connectivity index (χ1) is 11.6. The SMILES string of the molecule is Cc1c(C)n(C(=O)CSc2nc3ccccc3o2)c2ccccc12. The van der Waals surface area contributed by atoms with Crippen LogP contribution in [0.25, 0.3) is 22.0 Å². The van der Waals surface area contributed by atoms with E-state index in [2.05, 4.69) is 18.0 Å². The molecule has 4 nitrogen and oxygen atoms in total. The van der Waals surface area contributed by atoms with Gasteiger partial charge in [-0.15, -0.1) is 0 Å². The molecule has 120 valence electrons. The number of carbonyl (C=O) groups excluding carboxylic acids is 1. The van der Waals surface area contributed by atoms with Gasteiger partial charge in [0.1, 0.15) is 5.52 Å². The van der Waals surface area contributed by atoms with E-state index >= 15 is 0 Å². The second kappa shape index (κ2) is 5.83. The van der Waals surface area contributed by atoms with Crippen LogP contribution in [0.3, 0.4) is 0 Å². The number of para-hydroxylation sites is 3. The highest BCUT2D eigenvalue weighted by molar-refractivity contribution is 7.99. The molecule has 4 aromatic rings. The molecular weight excluding hydrogens is 320 g/mol. The van der Waals surface area contributed by atoms with Gasteiger partial charge in [0.05, 0.1) is 11.3 Å². The van der Waals surface area contributed by atoms with Crippen LogP contribution in [0.2, 0.25) is 0 Å². The van der Waals surface area contributed by atoms with Crippen molar-refractivity contribution < 1.29 is 9.21 Å². The normalized spacial score (nSPS) is 11.4. The van der Waals surface area contributed by atoms with E-state index in [1.807, 2.05) is 49.4 Å². The molecule has 0 atom stereocenters. The molecule has 5 heteroatoms. The summed E-state index contributed by atoms with van der Waals surface area (Å²) in [4.78, 5) is 17.2. The van der Waals surface area contributed by atoms with E-state index < -0.39 is 0 Å². The van der Waals surface area contributed by atoms with E-state index in [-0.39, 0.29) is 11.7 Å². The minimum Gasteiger partial charge on any atom is -0.431 e. The molecule has 0 bridgehead atoms. The number of hydrogen-bond acceptors (Lipinski definition) is 4. The number of fused-ring (bicyclic) bond motifs is 2. The first kappa shape index (κ1) is 15.0. The predicted molar refractivity (Wildman–Crippen MR) is 96.8 cm³/mol. The van der Waals surface area contributed by atoms with Crippen molar-refractivity contribution in [3.63, 3.8) is 0 Å². The zero-order chi connectivity index (χ0) is 16.7. The molecule has 0 saturated heterocycles. The third-order valence-electron chi connectivity index (χ3n) is 4.27. The van der Waals surface area contributed by atoms with Gasteiger partial charge in [0, 0.05) is 11.1 Å². The first-order valence-corrected chi connectivity index (χ1v) is 8.72. The molecule has 0 amide bonds. The summed E-state index contributed by atoms with van der Waals surface area (Å²) in [7, 11) is 0. The Hall–Kier alpha value is -2.53. The standard InChI is InChI=1S/C19H16N2O2S/c1-12-13(2)21(16-9-5-3-7-14(12)16)18(22)11-24-19-20-15-8-4-6-10-17(15)23-19/h3-10H,11H2,1-2H3. The minimum absolute atomic E-state index is 0.0315. The highest BCUT2D eigenvalue weighted by Gasteiger charge is 2.17. The summed E-state index contributed by atoms with van der Waals surface area (Å²) in [6.45, 7) is 4.03. The summed E-state index contributed by atoms with van der Waals surface area (Å²) in [5, 5.41) is 1.64. The Morgan fingerprint density at radius 3 is 2.71 bits per heavy atom. The van der Waals surface area contributed by atoms with Crippen molar-refractivity contribution in [3.8, 4) is 0 Å². The van der Waals surface area contributed by atoms with Crippen LogP contribution < -0.4 is 0 Å². The van der Waals surface area contributed by atoms with E-state index in [1.54, 1.807) is 4.57 Å². The molecule has 2 aromatic carbocycles. The molecule has 0 N–H and O–H groups in total. The molecular formula is C19H16N2O2S. The molecule has 0 radical (unpaired) electrons. The van der Waals surface area contributed by atoms with Crippen LogP contribution in [-0.4, -0.2) is 21.2 Å². The molecule has 0 unspecified atom stereocenters. The Morgan fingerprint density at radius 2 is 1.88 bits per heavy atom. The van der Waals surface area contributed by atoms with Crippen molar-refractivity contribution in [1.29, 1.82) is 0 Å². The zero-order valence-electron chi connectivity index (χ0n) is 13.4. The number of carbonyl (C=O) groups is 1. The van der Waals surface area contributed by atoms with E-state index in [0.717, 1.165) is 33.3 Å². The smallest absolute Gasteiger partial charge is 0.257 e. The summed E-state index contributed by atoms with van der Waals surface area (Å²) < 4.78 is 7.46. The van der Waals surface area contributed by atoms with Crippen molar-refractivity contribution in [3.05, 3.63) is 59.8 Å². The van der Waals surface area contributed by atoms with Crippen molar-refractivity contribution in [2.45, 2.75) is 19.1 Å². The lowest BCUT2D eigenvalue weighted by Crippen LogP contribution is -2.14. The van der Waals surface area contributed by atoms with Gasteiger partial charge >= 0.3 is 0 Å². The topological polar surface area (TPSA) is 48.0 Å². The van der Waals surface area contributed by atoms with Crippen LogP contribution in [0, 0.1) is 13.8 Å². The van der Waals surface area contributed by atoms with Gasteiger partial charge in [-0.05, 0) is 37.6 Å². The third-order valence-corrected chi connectivity index (χ3v) is 5.08. The number of oxazole rings is 1. The number of nitrogens with zero attached hydrogens (tertiary/aromatic N) is 2. The maximum Gasteiger partial charge on any atom is 0.257 e. The van der Waals surface area contributed by atoms with Crippen molar-refractivity contribution in [2.24, 2.45) is 0 Å². The van der Waals surface area contributed by atoms with Crippen LogP contribution in [0.5, 0.6) is 0 Å². The van der Waals surface area contributed by atoms with Crippen LogP contribution in [-0.2, 0) is 0 Å². The van der Waals surface area contributed by atoms with Crippen molar-refractivity contribution >= 4 is 39.7 Å². The highest BCUT2D eigenvalue weighted by Crippen LogP contribution is 2.27. The Balaban J connectivity index is 1.62. The highest BCUT2D eigenvalue weighted by atomic mass is 32.2. The minimum atomic E-state index is 0.0315. The predicted octanol–water partition coefficient (Wildman–Crippen LogP) is 4.83. The van der Waals surface area contributed by atoms with Crippen LogP contribution >= 0.6 is 11.8 Å². The average Bonchev–Trinajstić information content (AvgIpc) is 3.13. The lowest BCUT2D eigenvalue weighted by Gasteiger charge is -2.05. The Bertz CT molecular complexity index is 1030. The molecule has 0 saturated carbocycles. The van der Waals surface area contributed by atoms with Crippen LogP contribution in [0.1, 0.15) is 16.1 Å². The van der Waals surface area contributed by atoms with E-state index in [0.29, 0.717) is 5.22 Å². The van der Waals surface area contributed by atoms with Crippen molar-refractivity contribution in [2.75, 3.05) is 5.75 Å². The molecule has 2 aromatic heterocycles. The molecule has 0 aliphatic heterocycles. The molecule has 2 heterocycles. The fraction of sp³-hybridized carbons (Fsp3) is 0.158. The summed E-state index contributed by atoms with van der Waals surface area (Å²) in [6.07, 6.45) is 0. The summed E-state index contributed by atoms with van der Waals surface area (Å²) in [5.41, 5.74) is 4.64. The van der Waals surface area contributed by atoms with Crippen LogP contribution in [0.15, 0.2) is 58.2 Å². The fourth-order valence-electron chi connectivity index (χ4n) is 2.95. The number of benzene rings is 2. The lowest BCUT2D eigenvalue weighted by molar-refractivity contribution is 0.0944. The van der Waals surface area contributed by atoms with Gasteiger partial charge in [0.25, 0.3) is 5.22 Å². The average molecular weight is 336 g/mol. The van der Waals surface area contributed by atoms with E-state index in [4.69, 9.17) is 4.42 Å². The number of aryl methyl sites for hydroxylation is 1. The molecule has 0 fully saturated rings. The largest absolute Gasteiger partial charge is 0.431 e. The molecule has 0 spiro atoms. The number of thioether (sulfide) groups is 1. The van der Waals surface area contributed by atoms with E-state index in [1.165, 1.54) is 11.8 Å². The second-order valence-electron chi connectivity index (χ2n) is 5.69. The van der Waals surface area contributed by atoms with Crippen molar-refractivity contribution in [1.82, 2.24) is 9.55 Å². The van der Waals surface area contributed by atoms with Gasteiger partial charge in [0.15, 0.2) is 5.58 Å². The number of aromatic nitrogens is 2. The van der Waals surface area contributed by atoms with Gasteiger partial charge in [-0.25, -0.2) is 4.98 Å².